The van der Waals surface area contributed by atoms with E-state index in [-0.39, 0.29) is 13.1 Å². The van der Waals surface area contributed by atoms with Crippen LogP contribution in [0.2, 0.25) is 0 Å². The smallest absolute Gasteiger partial charge is 0.279 e. The molecule has 0 atom stereocenters. The van der Waals surface area contributed by atoms with Gasteiger partial charge in [0.05, 0.1) is 13.2 Å². The van der Waals surface area contributed by atoms with Gasteiger partial charge in [-0.1, -0.05) is 24.0 Å². The number of methoxy groups -OCH3 is 1. The SMILES string of the molecule is COCCNS(=O)(=O)N(C)Cc1cccc(C#CCN)c1. The number of benzene rings is 1. The number of nitrogens with one attached hydrogen (secondary N) is 1. The Bertz CT molecular complexity index is 605. The van der Waals surface area contributed by atoms with Gasteiger partial charge in [-0.3, -0.25) is 0 Å². The van der Waals surface area contributed by atoms with Crippen molar-refractivity contribution in [3.8, 4) is 11.8 Å². The summed E-state index contributed by atoms with van der Waals surface area (Å²) in [5.74, 6) is 5.69. The van der Waals surface area contributed by atoms with E-state index >= 15 is 0 Å². The number of ether oxygens (including phenoxy) is 1. The molecule has 1 aromatic rings. The van der Waals surface area contributed by atoms with E-state index in [9.17, 15) is 8.42 Å². The molecule has 0 aliphatic heterocycles. The van der Waals surface area contributed by atoms with Crippen LogP contribution in [-0.2, 0) is 21.5 Å². The molecular formula is C14H21N3O3S. The molecule has 0 aromatic heterocycles. The van der Waals surface area contributed by atoms with Gasteiger partial charge >= 0.3 is 0 Å². The third-order valence-electron chi connectivity index (χ3n) is 2.67. The fourth-order valence-electron chi connectivity index (χ4n) is 1.63. The van der Waals surface area contributed by atoms with Crippen molar-refractivity contribution in [3.63, 3.8) is 0 Å². The van der Waals surface area contributed by atoms with Crippen molar-refractivity contribution in [3.05, 3.63) is 35.4 Å². The van der Waals surface area contributed by atoms with Crippen LogP contribution >= 0.6 is 0 Å². The molecule has 0 aliphatic rings. The summed E-state index contributed by atoms with van der Waals surface area (Å²) in [6, 6.07) is 7.41. The molecule has 1 aromatic carbocycles. The van der Waals surface area contributed by atoms with Gasteiger partial charge in [0.25, 0.3) is 10.2 Å². The van der Waals surface area contributed by atoms with Crippen molar-refractivity contribution in [2.24, 2.45) is 5.73 Å². The minimum absolute atomic E-state index is 0.241. The van der Waals surface area contributed by atoms with E-state index in [4.69, 9.17) is 10.5 Å². The molecule has 7 heteroatoms. The number of nitrogens with zero attached hydrogens (tertiary/aromatic N) is 1. The summed E-state index contributed by atoms with van der Waals surface area (Å²) in [5, 5.41) is 0. The van der Waals surface area contributed by atoms with Crippen molar-refractivity contribution in [2.75, 3.05) is 33.9 Å². The Morgan fingerprint density at radius 1 is 1.43 bits per heavy atom. The first kappa shape index (κ1) is 17.6. The van der Waals surface area contributed by atoms with Gasteiger partial charge in [0.2, 0.25) is 0 Å². The zero-order chi connectivity index (χ0) is 15.7. The van der Waals surface area contributed by atoms with Gasteiger partial charge in [-0.2, -0.15) is 17.4 Å². The number of hydrogen-bond acceptors (Lipinski definition) is 4. The van der Waals surface area contributed by atoms with Gasteiger partial charge < -0.3 is 10.5 Å². The lowest BCUT2D eigenvalue weighted by Crippen LogP contribution is -2.39. The fourth-order valence-corrected chi connectivity index (χ4v) is 2.51. The number of rotatable bonds is 7. The van der Waals surface area contributed by atoms with Crippen LogP contribution in [0.4, 0.5) is 0 Å². The average Bonchev–Trinajstić information content (AvgIpc) is 2.45. The largest absolute Gasteiger partial charge is 0.383 e. The van der Waals surface area contributed by atoms with Gasteiger partial charge in [-0.05, 0) is 17.7 Å². The molecule has 0 spiro atoms. The summed E-state index contributed by atoms with van der Waals surface area (Å²) in [6.07, 6.45) is 0. The van der Waals surface area contributed by atoms with Gasteiger partial charge in [-0.25, -0.2) is 0 Å². The van der Waals surface area contributed by atoms with Gasteiger partial charge in [0.15, 0.2) is 0 Å². The molecule has 0 heterocycles. The van der Waals surface area contributed by atoms with Crippen LogP contribution < -0.4 is 10.5 Å². The lowest BCUT2D eigenvalue weighted by molar-refractivity contribution is 0.204. The molecule has 0 fully saturated rings. The predicted molar refractivity (Wildman–Crippen MR) is 82.6 cm³/mol. The Balaban J connectivity index is 2.71. The van der Waals surface area contributed by atoms with E-state index in [1.807, 2.05) is 24.3 Å². The summed E-state index contributed by atoms with van der Waals surface area (Å²) in [7, 11) is -0.472. The first-order valence-electron chi connectivity index (χ1n) is 6.47. The lowest BCUT2D eigenvalue weighted by atomic mass is 10.1. The zero-order valence-corrected chi connectivity index (χ0v) is 13.1. The molecule has 3 N–H and O–H groups in total. The highest BCUT2D eigenvalue weighted by Gasteiger charge is 2.16. The monoisotopic (exact) mass is 311 g/mol. The molecule has 6 nitrogen and oxygen atoms in total. The van der Waals surface area contributed by atoms with Crippen molar-refractivity contribution >= 4 is 10.2 Å². The second-order valence-corrected chi connectivity index (χ2v) is 6.22. The van der Waals surface area contributed by atoms with E-state index in [1.165, 1.54) is 18.5 Å². The molecule has 0 radical (unpaired) electrons. The van der Waals surface area contributed by atoms with E-state index in [0.717, 1.165) is 11.1 Å². The summed E-state index contributed by atoms with van der Waals surface area (Å²) in [6.45, 7) is 1.13. The van der Waals surface area contributed by atoms with Crippen LogP contribution in [0, 0.1) is 11.8 Å². The maximum absolute atomic E-state index is 12.0. The van der Waals surface area contributed by atoms with E-state index in [1.54, 1.807) is 0 Å². The molecule has 116 valence electrons. The number of nitrogens with two attached hydrogens (primary N) is 1. The van der Waals surface area contributed by atoms with Crippen LogP contribution in [-0.4, -0.2) is 46.6 Å². The van der Waals surface area contributed by atoms with E-state index in [2.05, 4.69) is 16.6 Å². The Hall–Kier alpha value is -1.43. The van der Waals surface area contributed by atoms with Crippen LogP contribution in [0.3, 0.4) is 0 Å². The summed E-state index contributed by atoms with van der Waals surface area (Å²) < 4.78 is 32.5. The van der Waals surface area contributed by atoms with Gasteiger partial charge in [-0.15, -0.1) is 0 Å². The van der Waals surface area contributed by atoms with Crippen molar-refractivity contribution in [1.82, 2.24) is 9.03 Å². The Kier molecular flexibility index (Phi) is 7.36. The first-order valence-corrected chi connectivity index (χ1v) is 7.91. The molecule has 0 bridgehead atoms. The first-order chi connectivity index (χ1) is 9.99. The Morgan fingerprint density at radius 2 is 2.19 bits per heavy atom. The highest BCUT2D eigenvalue weighted by molar-refractivity contribution is 7.87. The van der Waals surface area contributed by atoms with Gasteiger partial charge in [0, 0.05) is 32.8 Å². The van der Waals surface area contributed by atoms with Crippen molar-refractivity contribution in [2.45, 2.75) is 6.54 Å². The standard InChI is InChI=1S/C14H21N3O3S/c1-17(21(18,19)16-9-10-20-2)12-14-6-3-5-13(11-14)7-4-8-15/h3,5-6,11,16H,8-10,12,15H2,1-2H3. The fraction of sp³-hybridized carbons (Fsp3) is 0.429. The highest BCUT2D eigenvalue weighted by atomic mass is 32.2. The van der Waals surface area contributed by atoms with Crippen molar-refractivity contribution in [1.29, 1.82) is 0 Å². The minimum atomic E-state index is -3.51. The lowest BCUT2D eigenvalue weighted by Gasteiger charge is -2.17. The summed E-state index contributed by atoms with van der Waals surface area (Å²) >= 11 is 0. The van der Waals surface area contributed by atoms with Crippen LogP contribution in [0.15, 0.2) is 24.3 Å². The Morgan fingerprint density at radius 3 is 2.86 bits per heavy atom. The second kappa shape index (κ2) is 8.77. The maximum atomic E-state index is 12.0. The third kappa shape index (κ3) is 6.25. The minimum Gasteiger partial charge on any atom is -0.383 e. The van der Waals surface area contributed by atoms with Crippen LogP contribution in [0.25, 0.3) is 0 Å². The van der Waals surface area contributed by atoms with E-state index in [0.29, 0.717) is 13.2 Å². The molecule has 0 saturated carbocycles. The molecule has 0 amide bonds. The predicted octanol–water partition coefficient (Wildman–Crippen LogP) is -0.0906. The normalized spacial score (nSPS) is 11.2. The maximum Gasteiger partial charge on any atom is 0.279 e. The topological polar surface area (TPSA) is 84.7 Å². The third-order valence-corrected chi connectivity index (χ3v) is 4.19. The molecule has 1 rings (SSSR count). The van der Waals surface area contributed by atoms with Crippen LogP contribution in [0.1, 0.15) is 11.1 Å². The Labute approximate surface area is 126 Å². The molecule has 0 aliphatic carbocycles. The summed E-state index contributed by atoms with van der Waals surface area (Å²) in [4.78, 5) is 0. The van der Waals surface area contributed by atoms with Gasteiger partial charge in [0.1, 0.15) is 0 Å². The zero-order valence-electron chi connectivity index (χ0n) is 12.3. The molecule has 0 unspecified atom stereocenters. The van der Waals surface area contributed by atoms with Crippen molar-refractivity contribution < 1.29 is 13.2 Å². The molecular weight excluding hydrogens is 290 g/mol. The van der Waals surface area contributed by atoms with E-state index < -0.39 is 10.2 Å². The number of hydrogen-bond donors (Lipinski definition) is 2. The molecule has 0 saturated heterocycles. The van der Waals surface area contributed by atoms with Crippen LogP contribution in [0.5, 0.6) is 0 Å². The quantitative estimate of drug-likeness (QED) is 0.544. The molecule has 21 heavy (non-hydrogen) atoms. The summed E-state index contributed by atoms with van der Waals surface area (Å²) in [5.41, 5.74) is 7.01. The average molecular weight is 311 g/mol. The highest BCUT2D eigenvalue weighted by Crippen LogP contribution is 2.08. The second-order valence-electron chi connectivity index (χ2n) is 4.35.